The zero-order valence-corrected chi connectivity index (χ0v) is 11.5. The molecule has 0 unspecified atom stereocenters. The molecule has 0 saturated carbocycles. The van der Waals surface area contributed by atoms with Crippen molar-refractivity contribution in [2.24, 2.45) is 0 Å². The van der Waals surface area contributed by atoms with E-state index < -0.39 is 0 Å². The van der Waals surface area contributed by atoms with Crippen molar-refractivity contribution < 1.29 is 0 Å². The molecule has 0 amide bonds. The lowest BCUT2D eigenvalue weighted by molar-refractivity contribution is 0.578. The van der Waals surface area contributed by atoms with E-state index >= 15 is 0 Å². The zero-order valence-electron chi connectivity index (χ0n) is 11.5. The number of anilines is 4. The second kappa shape index (κ2) is 5.82. The Morgan fingerprint density at radius 1 is 0.950 bits per heavy atom. The van der Waals surface area contributed by atoms with E-state index in [2.05, 4.69) is 39.5 Å². The Bertz CT molecular complexity index is 559. The summed E-state index contributed by atoms with van der Waals surface area (Å²) >= 11 is 0. The van der Waals surface area contributed by atoms with Gasteiger partial charge in [0.05, 0.1) is 17.6 Å². The van der Waals surface area contributed by atoms with Crippen molar-refractivity contribution in [2.75, 3.05) is 29.0 Å². The zero-order chi connectivity index (χ0) is 13.8. The fourth-order valence-electron chi connectivity index (χ4n) is 2.60. The third kappa shape index (κ3) is 3.02. The minimum Gasteiger partial charge on any atom is -0.397 e. The predicted molar refractivity (Wildman–Crippen MR) is 84.4 cm³/mol. The molecule has 0 bridgehead atoms. The van der Waals surface area contributed by atoms with Crippen LogP contribution in [-0.2, 0) is 0 Å². The lowest BCUT2D eigenvalue weighted by atomic mass is 10.1. The van der Waals surface area contributed by atoms with Crippen molar-refractivity contribution >= 4 is 22.7 Å². The van der Waals surface area contributed by atoms with Crippen LogP contribution in [0.4, 0.5) is 22.7 Å². The molecule has 0 aliphatic carbocycles. The molecule has 0 spiro atoms. The highest BCUT2D eigenvalue weighted by Gasteiger charge is 2.10. The van der Waals surface area contributed by atoms with Gasteiger partial charge in [-0.1, -0.05) is 0 Å². The van der Waals surface area contributed by atoms with Crippen molar-refractivity contribution in [3.05, 3.63) is 42.7 Å². The lowest BCUT2D eigenvalue weighted by Crippen LogP contribution is -2.29. The largest absolute Gasteiger partial charge is 0.397 e. The average molecular weight is 268 g/mol. The van der Waals surface area contributed by atoms with Gasteiger partial charge in [0.25, 0.3) is 0 Å². The van der Waals surface area contributed by atoms with Crippen LogP contribution in [0.1, 0.15) is 19.3 Å². The second-order valence-corrected chi connectivity index (χ2v) is 5.23. The maximum Gasteiger partial charge on any atom is 0.0591 e. The topological polar surface area (TPSA) is 54.2 Å². The van der Waals surface area contributed by atoms with Crippen molar-refractivity contribution in [2.45, 2.75) is 19.3 Å². The summed E-state index contributed by atoms with van der Waals surface area (Å²) in [5, 5.41) is 3.31. The molecule has 1 aromatic heterocycles. The minimum absolute atomic E-state index is 0.667. The number of hydrogen-bond donors (Lipinski definition) is 2. The number of nitrogen functional groups attached to an aromatic ring is 1. The van der Waals surface area contributed by atoms with Crippen LogP contribution in [0, 0.1) is 0 Å². The van der Waals surface area contributed by atoms with Crippen molar-refractivity contribution in [3.8, 4) is 0 Å². The summed E-state index contributed by atoms with van der Waals surface area (Å²) in [6.45, 7) is 2.35. The maximum atomic E-state index is 5.72. The first-order chi connectivity index (χ1) is 9.81. The third-order valence-corrected chi connectivity index (χ3v) is 3.64. The Balaban J connectivity index is 1.69. The second-order valence-electron chi connectivity index (χ2n) is 5.23. The Morgan fingerprint density at radius 2 is 1.70 bits per heavy atom. The smallest absolute Gasteiger partial charge is 0.0591 e. The highest BCUT2D eigenvalue weighted by Crippen LogP contribution is 2.23. The molecule has 3 N–H and O–H groups in total. The third-order valence-electron chi connectivity index (χ3n) is 3.64. The van der Waals surface area contributed by atoms with Crippen molar-refractivity contribution in [1.82, 2.24) is 4.98 Å². The summed E-state index contributed by atoms with van der Waals surface area (Å²) in [6, 6.07) is 10.4. The first-order valence-corrected chi connectivity index (χ1v) is 7.14. The number of nitrogens with zero attached hydrogens (tertiary/aromatic N) is 2. The number of nitrogens with two attached hydrogens (primary N) is 1. The van der Waals surface area contributed by atoms with E-state index in [0.717, 1.165) is 11.4 Å². The SMILES string of the molecule is Nc1cncc(Nc2ccc(N3CCCCC3)cc2)c1. The molecule has 4 heteroatoms. The monoisotopic (exact) mass is 268 g/mol. The standard InChI is InChI=1S/C16H20N4/c17-13-10-15(12-18-11-13)19-14-4-6-16(7-5-14)20-8-2-1-3-9-20/h4-7,10-12,19H,1-3,8-9,17H2. The molecule has 2 heterocycles. The molecular formula is C16H20N4. The normalized spacial score (nSPS) is 15.1. The molecule has 1 fully saturated rings. The fourth-order valence-corrected chi connectivity index (χ4v) is 2.60. The van der Waals surface area contributed by atoms with Crippen molar-refractivity contribution in [1.29, 1.82) is 0 Å². The Labute approximate surface area is 119 Å². The van der Waals surface area contributed by atoms with Crippen LogP contribution in [-0.4, -0.2) is 18.1 Å². The molecule has 1 aliphatic heterocycles. The number of hydrogen-bond acceptors (Lipinski definition) is 4. The molecule has 4 nitrogen and oxygen atoms in total. The average Bonchev–Trinajstić information content (AvgIpc) is 2.49. The highest BCUT2D eigenvalue weighted by atomic mass is 15.1. The van der Waals surface area contributed by atoms with Crippen LogP contribution < -0.4 is 16.0 Å². The number of benzene rings is 1. The van der Waals surface area contributed by atoms with Gasteiger partial charge in [-0.05, 0) is 49.6 Å². The summed E-state index contributed by atoms with van der Waals surface area (Å²) in [5.41, 5.74) is 9.66. The molecular weight excluding hydrogens is 248 g/mol. The summed E-state index contributed by atoms with van der Waals surface area (Å²) in [5.74, 6) is 0. The molecule has 20 heavy (non-hydrogen) atoms. The summed E-state index contributed by atoms with van der Waals surface area (Å²) in [6.07, 6.45) is 7.38. The van der Waals surface area contributed by atoms with Gasteiger partial charge in [0.2, 0.25) is 0 Å². The molecule has 0 atom stereocenters. The van der Waals surface area contributed by atoms with Crippen LogP contribution in [0.3, 0.4) is 0 Å². The fraction of sp³-hybridized carbons (Fsp3) is 0.312. The van der Waals surface area contributed by atoms with E-state index in [1.165, 1.54) is 38.0 Å². The van der Waals surface area contributed by atoms with Gasteiger partial charge in [-0.15, -0.1) is 0 Å². The number of pyridine rings is 1. The number of rotatable bonds is 3. The lowest BCUT2D eigenvalue weighted by Gasteiger charge is -2.28. The molecule has 3 rings (SSSR count). The highest BCUT2D eigenvalue weighted by molar-refractivity contribution is 5.64. The number of piperidine rings is 1. The number of nitrogens with one attached hydrogen (secondary N) is 1. The maximum absolute atomic E-state index is 5.72. The van der Waals surface area contributed by atoms with Crippen LogP contribution in [0.2, 0.25) is 0 Å². The van der Waals surface area contributed by atoms with Crippen LogP contribution in [0.25, 0.3) is 0 Å². The van der Waals surface area contributed by atoms with Crippen molar-refractivity contribution in [3.63, 3.8) is 0 Å². The van der Waals surface area contributed by atoms with Gasteiger partial charge >= 0.3 is 0 Å². The van der Waals surface area contributed by atoms with E-state index in [1.807, 2.05) is 6.07 Å². The first kappa shape index (κ1) is 12.8. The Morgan fingerprint density at radius 3 is 2.40 bits per heavy atom. The number of aromatic nitrogens is 1. The molecule has 1 saturated heterocycles. The van der Waals surface area contributed by atoms with E-state index in [0.29, 0.717) is 5.69 Å². The summed E-state index contributed by atoms with van der Waals surface area (Å²) < 4.78 is 0. The Kier molecular flexibility index (Phi) is 3.72. The molecule has 104 valence electrons. The predicted octanol–water partition coefficient (Wildman–Crippen LogP) is 3.40. The van der Waals surface area contributed by atoms with Gasteiger partial charge < -0.3 is 16.0 Å². The van der Waals surface area contributed by atoms with E-state index in [4.69, 9.17) is 5.73 Å². The van der Waals surface area contributed by atoms with Crippen LogP contribution in [0.5, 0.6) is 0 Å². The van der Waals surface area contributed by atoms with Gasteiger partial charge in [-0.25, -0.2) is 0 Å². The van der Waals surface area contributed by atoms with Gasteiger partial charge in [0.15, 0.2) is 0 Å². The summed E-state index contributed by atoms with van der Waals surface area (Å²) in [4.78, 5) is 6.53. The van der Waals surface area contributed by atoms with Crippen LogP contribution in [0.15, 0.2) is 42.7 Å². The summed E-state index contributed by atoms with van der Waals surface area (Å²) in [7, 11) is 0. The van der Waals surface area contributed by atoms with E-state index in [9.17, 15) is 0 Å². The minimum atomic E-state index is 0.667. The van der Waals surface area contributed by atoms with Gasteiger partial charge in [0, 0.05) is 30.7 Å². The molecule has 1 aliphatic rings. The van der Waals surface area contributed by atoms with Gasteiger partial charge in [-0.2, -0.15) is 0 Å². The van der Waals surface area contributed by atoms with Gasteiger partial charge in [-0.3, -0.25) is 4.98 Å². The van der Waals surface area contributed by atoms with E-state index in [-0.39, 0.29) is 0 Å². The Hall–Kier alpha value is -2.23. The quantitative estimate of drug-likeness (QED) is 0.896. The molecule has 2 aromatic rings. The van der Waals surface area contributed by atoms with Crippen LogP contribution >= 0.6 is 0 Å². The van der Waals surface area contributed by atoms with Gasteiger partial charge in [0.1, 0.15) is 0 Å². The molecule has 1 aromatic carbocycles. The van der Waals surface area contributed by atoms with E-state index in [1.54, 1.807) is 12.4 Å². The first-order valence-electron chi connectivity index (χ1n) is 7.14. The molecule has 0 radical (unpaired) electrons.